The van der Waals surface area contributed by atoms with Crippen molar-refractivity contribution in [3.05, 3.63) is 71.2 Å². The van der Waals surface area contributed by atoms with Crippen LogP contribution >= 0.6 is 11.6 Å². The molecule has 1 aliphatic rings. The zero-order chi connectivity index (χ0) is 20.7. The molecule has 4 aromatic rings. The summed E-state index contributed by atoms with van der Waals surface area (Å²) in [6, 6.07) is 17.8. The minimum atomic E-state index is -0.207. The molecule has 5 rings (SSSR count). The fourth-order valence-electron chi connectivity index (χ4n) is 3.48. The molecule has 0 bridgehead atoms. The van der Waals surface area contributed by atoms with Crippen molar-refractivity contribution in [2.24, 2.45) is 0 Å². The Morgan fingerprint density at radius 1 is 1.00 bits per heavy atom. The maximum absolute atomic E-state index is 13.5. The molecule has 6 nitrogen and oxygen atoms in total. The van der Waals surface area contributed by atoms with Crippen molar-refractivity contribution in [1.29, 1.82) is 0 Å². The monoisotopic (exact) mass is 420 g/mol. The van der Waals surface area contributed by atoms with Gasteiger partial charge >= 0.3 is 0 Å². The molecule has 2 heterocycles. The highest BCUT2D eigenvalue weighted by molar-refractivity contribution is 6.30. The van der Waals surface area contributed by atoms with Gasteiger partial charge in [0.1, 0.15) is 24.8 Å². The number of carbonyl (C=O) groups is 1. The second-order valence-corrected chi connectivity index (χ2v) is 7.23. The van der Waals surface area contributed by atoms with Crippen LogP contribution in [0.5, 0.6) is 17.2 Å². The SMILES string of the molecule is COc1ccc(C(=O)n2c(-c3ccc(Cl)cc3)nc3cc4c(cc32)OCCO4)cc1. The molecule has 0 saturated carbocycles. The minimum Gasteiger partial charge on any atom is -0.497 e. The van der Waals surface area contributed by atoms with Gasteiger partial charge in [-0.3, -0.25) is 9.36 Å². The van der Waals surface area contributed by atoms with Crippen LogP contribution in [0.25, 0.3) is 22.4 Å². The van der Waals surface area contributed by atoms with Gasteiger partial charge in [0.05, 0.1) is 18.1 Å². The van der Waals surface area contributed by atoms with Gasteiger partial charge in [-0.25, -0.2) is 4.98 Å². The van der Waals surface area contributed by atoms with Crippen LogP contribution in [-0.4, -0.2) is 35.8 Å². The van der Waals surface area contributed by atoms with Crippen molar-refractivity contribution in [1.82, 2.24) is 9.55 Å². The summed E-state index contributed by atoms with van der Waals surface area (Å²) in [6.07, 6.45) is 0. The van der Waals surface area contributed by atoms with Crippen LogP contribution in [0.1, 0.15) is 10.4 Å². The third-order valence-corrected chi connectivity index (χ3v) is 5.21. The Labute approximate surface area is 177 Å². The standard InChI is InChI=1S/C23H17ClN2O4/c1-28-17-8-4-15(5-9-17)23(27)26-19-13-21-20(29-10-11-30-21)12-18(19)25-22(26)14-2-6-16(24)7-3-14/h2-9,12-13H,10-11H2,1H3. The van der Waals surface area contributed by atoms with E-state index < -0.39 is 0 Å². The van der Waals surface area contributed by atoms with E-state index in [0.717, 1.165) is 5.56 Å². The Kier molecular flexibility index (Phi) is 4.56. The first-order valence-corrected chi connectivity index (χ1v) is 9.78. The molecule has 150 valence electrons. The van der Waals surface area contributed by atoms with Crippen LogP contribution in [0.15, 0.2) is 60.7 Å². The summed E-state index contributed by atoms with van der Waals surface area (Å²) in [7, 11) is 1.59. The summed E-state index contributed by atoms with van der Waals surface area (Å²) in [5.74, 6) is 2.21. The van der Waals surface area contributed by atoms with Gasteiger partial charge in [-0.15, -0.1) is 0 Å². The number of hydrogen-bond donors (Lipinski definition) is 0. The second kappa shape index (κ2) is 7.39. The lowest BCUT2D eigenvalue weighted by Crippen LogP contribution is -2.16. The number of hydrogen-bond acceptors (Lipinski definition) is 5. The molecule has 0 amide bonds. The molecule has 0 unspecified atom stereocenters. The van der Waals surface area contributed by atoms with E-state index in [0.29, 0.717) is 57.9 Å². The van der Waals surface area contributed by atoms with Crippen LogP contribution in [0.4, 0.5) is 0 Å². The smallest absolute Gasteiger partial charge is 0.264 e. The molecular weight excluding hydrogens is 404 g/mol. The lowest BCUT2D eigenvalue weighted by molar-refractivity contribution is 0.0966. The first-order valence-electron chi connectivity index (χ1n) is 9.41. The number of methoxy groups -OCH3 is 1. The summed E-state index contributed by atoms with van der Waals surface area (Å²) in [5.41, 5.74) is 2.58. The number of fused-ring (bicyclic) bond motifs is 2. The highest BCUT2D eigenvalue weighted by atomic mass is 35.5. The summed E-state index contributed by atoms with van der Waals surface area (Å²) in [5, 5.41) is 0.611. The van der Waals surface area contributed by atoms with Crippen molar-refractivity contribution in [3.8, 4) is 28.6 Å². The summed E-state index contributed by atoms with van der Waals surface area (Å²) >= 11 is 6.05. The van der Waals surface area contributed by atoms with Gasteiger partial charge in [0.2, 0.25) is 0 Å². The van der Waals surface area contributed by atoms with Crippen molar-refractivity contribution in [2.45, 2.75) is 0 Å². The third kappa shape index (κ3) is 3.15. The van der Waals surface area contributed by atoms with E-state index in [4.69, 9.17) is 30.8 Å². The fraction of sp³-hybridized carbons (Fsp3) is 0.130. The van der Waals surface area contributed by atoms with Crippen molar-refractivity contribution in [3.63, 3.8) is 0 Å². The Morgan fingerprint density at radius 2 is 1.67 bits per heavy atom. The highest BCUT2D eigenvalue weighted by Gasteiger charge is 2.23. The number of rotatable bonds is 3. The van der Waals surface area contributed by atoms with E-state index in [1.54, 1.807) is 60.2 Å². The van der Waals surface area contributed by atoms with Crippen LogP contribution in [0.3, 0.4) is 0 Å². The van der Waals surface area contributed by atoms with Crippen molar-refractivity contribution >= 4 is 28.5 Å². The summed E-state index contributed by atoms with van der Waals surface area (Å²) < 4.78 is 18.2. The Balaban J connectivity index is 1.72. The van der Waals surface area contributed by atoms with Gasteiger partial charge in [0.25, 0.3) is 5.91 Å². The predicted octanol–water partition coefficient (Wildman–Crippen LogP) is 4.83. The number of carbonyl (C=O) groups excluding carboxylic acids is 1. The zero-order valence-electron chi connectivity index (χ0n) is 16.1. The van der Waals surface area contributed by atoms with Gasteiger partial charge in [-0.05, 0) is 48.5 Å². The normalized spacial score (nSPS) is 12.7. The van der Waals surface area contributed by atoms with Crippen LogP contribution in [0.2, 0.25) is 5.02 Å². The van der Waals surface area contributed by atoms with Gasteiger partial charge in [-0.2, -0.15) is 0 Å². The van der Waals surface area contributed by atoms with E-state index in [9.17, 15) is 4.79 Å². The van der Waals surface area contributed by atoms with Crippen molar-refractivity contribution in [2.75, 3.05) is 20.3 Å². The van der Waals surface area contributed by atoms with Crippen LogP contribution in [-0.2, 0) is 0 Å². The highest BCUT2D eigenvalue weighted by Crippen LogP contribution is 2.37. The average Bonchev–Trinajstić information content (AvgIpc) is 3.15. The molecule has 1 aromatic heterocycles. The maximum atomic E-state index is 13.5. The molecule has 7 heteroatoms. The van der Waals surface area contributed by atoms with E-state index in [2.05, 4.69) is 0 Å². The quantitative estimate of drug-likeness (QED) is 0.475. The minimum absolute atomic E-state index is 0.207. The van der Waals surface area contributed by atoms with Crippen LogP contribution in [0, 0.1) is 0 Å². The average molecular weight is 421 g/mol. The second-order valence-electron chi connectivity index (χ2n) is 6.80. The number of nitrogens with zero attached hydrogens (tertiary/aromatic N) is 2. The molecule has 3 aromatic carbocycles. The number of aromatic nitrogens is 2. The predicted molar refractivity (Wildman–Crippen MR) is 114 cm³/mol. The number of halogens is 1. The van der Waals surface area contributed by atoms with Gasteiger partial charge in [-0.1, -0.05) is 11.6 Å². The maximum Gasteiger partial charge on any atom is 0.264 e. The Morgan fingerprint density at radius 3 is 2.33 bits per heavy atom. The zero-order valence-corrected chi connectivity index (χ0v) is 16.8. The Hall–Kier alpha value is -3.51. The van der Waals surface area contributed by atoms with E-state index >= 15 is 0 Å². The van der Waals surface area contributed by atoms with Gasteiger partial charge < -0.3 is 14.2 Å². The molecule has 0 aliphatic carbocycles. The molecule has 0 N–H and O–H groups in total. The molecule has 1 aliphatic heterocycles. The number of benzene rings is 3. The third-order valence-electron chi connectivity index (χ3n) is 4.96. The van der Waals surface area contributed by atoms with E-state index in [-0.39, 0.29) is 5.91 Å². The topological polar surface area (TPSA) is 62.6 Å². The van der Waals surface area contributed by atoms with Gasteiger partial charge in [0, 0.05) is 28.3 Å². The molecule has 30 heavy (non-hydrogen) atoms. The molecular formula is C23H17ClN2O4. The van der Waals surface area contributed by atoms with E-state index in [1.807, 2.05) is 12.1 Å². The molecule has 0 radical (unpaired) electrons. The first kappa shape index (κ1) is 18.5. The first-order chi connectivity index (χ1) is 14.6. The lowest BCUT2D eigenvalue weighted by atomic mass is 10.1. The molecule has 0 saturated heterocycles. The van der Waals surface area contributed by atoms with E-state index in [1.165, 1.54) is 0 Å². The van der Waals surface area contributed by atoms with Crippen LogP contribution < -0.4 is 14.2 Å². The molecule has 0 spiro atoms. The molecule has 0 fully saturated rings. The van der Waals surface area contributed by atoms with Gasteiger partial charge in [0.15, 0.2) is 11.5 Å². The largest absolute Gasteiger partial charge is 0.497 e. The lowest BCUT2D eigenvalue weighted by Gasteiger charge is -2.18. The van der Waals surface area contributed by atoms with Crippen molar-refractivity contribution < 1.29 is 19.0 Å². The number of imidazole rings is 1. The molecule has 0 atom stereocenters. The summed E-state index contributed by atoms with van der Waals surface area (Å²) in [6.45, 7) is 0.942. The number of ether oxygens (including phenoxy) is 3. The fourth-order valence-corrected chi connectivity index (χ4v) is 3.60. The summed E-state index contributed by atoms with van der Waals surface area (Å²) in [4.78, 5) is 18.3. The Bertz CT molecular complexity index is 1250.